The summed E-state index contributed by atoms with van der Waals surface area (Å²) in [6, 6.07) is 4.36. The monoisotopic (exact) mass is 398 g/mol. The first-order valence-electron chi connectivity index (χ1n) is 9.63. The summed E-state index contributed by atoms with van der Waals surface area (Å²) in [6.45, 7) is 3.24. The fraction of sp³-hybridized carbons (Fsp3) is 0.429. The highest BCUT2D eigenvalue weighted by Gasteiger charge is 2.52. The third-order valence-electron chi connectivity index (χ3n) is 5.82. The van der Waals surface area contributed by atoms with Crippen molar-refractivity contribution in [3.8, 4) is 0 Å². The molecule has 2 aromatic rings. The van der Waals surface area contributed by atoms with Crippen molar-refractivity contribution in [2.75, 3.05) is 6.54 Å². The summed E-state index contributed by atoms with van der Waals surface area (Å²) in [4.78, 5) is 49.9. The van der Waals surface area contributed by atoms with E-state index in [4.69, 9.17) is 9.15 Å². The SMILES string of the molecule is Cc1cc2oc(=O)cc(COC(=O)CN3C(=O)NC4(CCCC4)C3=O)c2cc1C. The van der Waals surface area contributed by atoms with Crippen LogP contribution in [0.4, 0.5) is 4.79 Å². The topological polar surface area (TPSA) is 106 Å². The normalized spacial score (nSPS) is 17.9. The molecule has 2 heterocycles. The Morgan fingerprint density at radius 3 is 2.55 bits per heavy atom. The third-order valence-corrected chi connectivity index (χ3v) is 5.82. The largest absolute Gasteiger partial charge is 0.459 e. The number of hydrogen-bond acceptors (Lipinski definition) is 6. The number of benzene rings is 1. The zero-order chi connectivity index (χ0) is 20.8. The van der Waals surface area contributed by atoms with Gasteiger partial charge in [0, 0.05) is 17.0 Å². The van der Waals surface area contributed by atoms with Crippen molar-refractivity contribution in [2.24, 2.45) is 0 Å². The van der Waals surface area contributed by atoms with E-state index in [1.807, 2.05) is 19.9 Å². The highest BCUT2D eigenvalue weighted by molar-refractivity contribution is 6.08. The maximum Gasteiger partial charge on any atom is 0.336 e. The molecule has 8 heteroatoms. The number of rotatable bonds is 4. The predicted octanol–water partition coefficient (Wildman–Crippen LogP) is 2.32. The molecule has 1 aliphatic carbocycles. The molecule has 29 heavy (non-hydrogen) atoms. The van der Waals surface area contributed by atoms with Crippen molar-refractivity contribution in [3.05, 3.63) is 45.3 Å². The lowest BCUT2D eigenvalue weighted by Crippen LogP contribution is -2.44. The first-order valence-corrected chi connectivity index (χ1v) is 9.63. The molecule has 4 rings (SSSR count). The summed E-state index contributed by atoms with van der Waals surface area (Å²) in [5, 5.41) is 3.41. The number of nitrogens with one attached hydrogen (secondary N) is 1. The van der Waals surface area contributed by atoms with Gasteiger partial charge < -0.3 is 14.5 Å². The van der Waals surface area contributed by atoms with Gasteiger partial charge in [-0.05, 0) is 49.9 Å². The first-order chi connectivity index (χ1) is 13.8. The van der Waals surface area contributed by atoms with Gasteiger partial charge in [0.25, 0.3) is 5.91 Å². The number of esters is 1. The lowest BCUT2D eigenvalue weighted by atomic mass is 9.98. The van der Waals surface area contributed by atoms with Crippen molar-refractivity contribution >= 4 is 28.9 Å². The Bertz CT molecular complexity index is 1080. The van der Waals surface area contributed by atoms with Crippen LogP contribution in [0.25, 0.3) is 11.0 Å². The molecular weight excluding hydrogens is 376 g/mol. The van der Waals surface area contributed by atoms with Crippen LogP contribution in [0.5, 0.6) is 0 Å². The zero-order valence-electron chi connectivity index (χ0n) is 16.4. The van der Waals surface area contributed by atoms with E-state index in [9.17, 15) is 19.2 Å². The number of carbonyl (C=O) groups excluding carboxylic acids is 3. The molecule has 0 atom stereocenters. The van der Waals surface area contributed by atoms with Crippen LogP contribution in [0.1, 0.15) is 42.4 Å². The van der Waals surface area contributed by atoms with E-state index in [0.717, 1.165) is 28.9 Å². The average molecular weight is 398 g/mol. The lowest BCUT2D eigenvalue weighted by molar-refractivity contribution is -0.148. The summed E-state index contributed by atoms with van der Waals surface area (Å²) in [7, 11) is 0. The van der Waals surface area contributed by atoms with Gasteiger partial charge in [0.15, 0.2) is 0 Å². The maximum atomic E-state index is 12.6. The molecule has 1 saturated carbocycles. The molecule has 3 amide bonds. The Kier molecular flexibility index (Phi) is 4.64. The van der Waals surface area contributed by atoms with E-state index >= 15 is 0 Å². The molecule has 1 saturated heterocycles. The van der Waals surface area contributed by atoms with Gasteiger partial charge >= 0.3 is 17.6 Å². The van der Waals surface area contributed by atoms with Crippen molar-refractivity contribution in [1.82, 2.24) is 10.2 Å². The van der Waals surface area contributed by atoms with E-state index in [0.29, 0.717) is 29.4 Å². The molecule has 2 fully saturated rings. The van der Waals surface area contributed by atoms with Crippen molar-refractivity contribution in [3.63, 3.8) is 0 Å². The highest BCUT2D eigenvalue weighted by Crippen LogP contribution is 2.35. The molecule has 1 aromatic heterocycles. The number of urea groups is 1. The number of imide groups is 1. The van der Waals surface area contributed by atoms with Gasteiger partial charge in [0.1, 0.15) is 24.3 Å². The second kappa shape index (κ2) is 7.02. The summed E-state index contributed by atoms with van der Waals surface area (Å²) in [5.74, 6) is -1.08. The van der Waals surface area contributed by atoms with Crippen LogP contribution in [-0.2, 0) is 20.9 Å². The number of nitrogens with zero attached hydrogens (tertiary/aromatic N) is 1. The van der Waals surface area contributed by atoms with Crippen LogP contribution >= 0.6 is 0 Å². The number of carbonyl (C=O) groups is 3. The van der Waals surface area contributed by atoms with Gasteiger partial charge in [-0.1, -0.05) is 12.8 Å². The van der Waals surface area contributed by atoms with Crippen LogP contribution in [0.2, 0.25) is 0 Å². The Labute approximate surface area is 166 Å². The summed E-state index contributed by atoms with van der Waals surface area (Å²) >= 11 is 0. The number of hydrogen-bond donors (Lipinski definition) is 1. The van der Waals surface area contributed by atoms with E-state index < -0.39 is 29.7 Å². The minimum absolute atomic E-state index is 0.155. The number of fused-ring (bicyclic) bond motifs is 1. The van der Waals surface area contributed by atoms with Gasteiger partial charge in [0.05, 0.1) is 0 Å². The lowest BCUT2D eigenvalue weighted by Gasteiger charge is -2.19. The summed E-state index contributed by atoms with van der Waals surface area (Å²) in [5.41, 5.74) is 1.53. The first kappa shape index (κ1) is 19.2. The molecule has 8 nitrogen and oxygen atoms in total. The highest BCUT2D eigenvalue weighted by atomic mass is 16.5. The minimum Gasteiger partial charge on any atom is -0.459 e. The fourth-order valence-corrected chi connectivity index (χ4v) is 4.07. The molecule has 0 unspecified atom stereocenters. The molecule has 0 radical (unpaired) electrons. The van der Waals surface area contributed by atoms with Gasteiger partial charge in [-0.3, -0.25) is 14.5 Å². The average Bonchev–Trinajstić information content (AvgIpc) is 3.22. The fourth-order valence-electron chi connectivity index (χ4n) is 4.07. The standard InChI is InChI=1S/C21H22N2O6/c1-12-7-15-14(9-17(24)29-16(15)8-13(12)2)11-28-18(25)10-23-19(26)21(22-20(23)27)5-3-4-6-21/h7-9H,3-6,10-11H2,1-2H3,(H,22,27). The quantitative estimate of drug-likeness (QED) is 0.481. The Balaban J connectivity index is 1.48. The molecular formula is C21H22N2O6. The minimum atomic E-state index is -0.860. The number of amides is 3. The predicted molar refractivity (Wildman–Crippen MR) is 103 cm³/mol. The van der Waals surface area contributed by atoms with E-state index in [-0.39, 0.29) is 12.5 Å². The second-order valence-corrected chi connectivity index (χ2v) is 7.79. The molecule has 1 N–H and O–H groups in total. The number of aryl methyl sites for hydroxylation is 2. The summed E-state index contributed by atoms with van der Waals surface area (Å²) < 4.78 is 10.5. The van der Waals surface area contributed by atoms with E-state index in [1.54, 1.807) is 6.07 Å². The van der Waals surface area contributed by atoms with Crippen LogP contribution in [0, 0.1) is 13.8 Å². The van der Waals surface area contributed by atoms with Crippen LogP contribution < -0.4 is 10.9 Å². The number of ether oxygens (including phenoxy) is 1. The molecule has 2 aliphatic rings. The van der Waals surface area contributed by atoms with Gasteiger partial charge in [0.2, 0.25) is 0 Å². The Hall–Kier alpha value is -3.16. The Morgan fingerprint density at radius 1 is 1.14 bits per heavy atom. The van der Waals surface area contributed by atoms with Crippen molar-refractivity contribution < 1.29 is 23.5 Å². The molecule has 152 valence electrons. The second-order valence-electron chi connectivity index (χ2n) is 7.79. The van der Waals surface area contributed by atoms with Crippen LogP contribution in [-0.4, -0.2) is 34.9 Å². The smallest absolute Gasteiger partial charge is 0.336 e. The summed E-state index contributed by atoms with van der Waals surface area (Å²) in [6.07, 6.45) is 2.92. The maximum absolute atomic E-state index is 12.6. The van der Waals surface area contributed by atoms with Crippen LogP contribution in [0.3, 0.4) is 0 Å². The molecule has 0 bridgehead atoms. The van der Waals surface area contributed by atoms with E-state index in [1.165, 1.54) is 6.07 Å². The molecule has 1 aliphatic heterocycles. The van der Waals surface area contributed by atoms with Gasteiger partial charge in [-0.25, -0.2) is 9.59 Å². The van der Waals surface area contributed by atoms with Gasteiger partial charge in [-0.15, -0.1) is 0 Å². The Morgan fingerprint density at radius 2 is 1.83 bits per heavy atom. The van der Waals surface area contributed by atoms with Crippen molar-refractivity contribution in [1.29, 1.82) is 0 Å². The van der Waals surface area contributed by atoms with Crippen molar-refractivity contribution in [2.45, 2.75) is 51.7 Å². The molecule has 1 aromatic carbocycles. The zero-order valence-corrected chi connectivity index (χ0v) is 16.4. The van der Waals surface area contributed by atoms with Crippen LogP contribution in [0.15, 0.2) is 27.4 Å². The third kappa shape index (κ3) is 3.39. The molecule has 1 spiro atoms. The van der Waals surface area contributed by atoms with Gasteiger partial charge in [-0.2, -0.15) is 0 Å². The van der Waals surface area contributed by atoms with E-state index in [2.05, 4.69) is 5.32 Å².